The fourth-order valence-electron chi connectivity index (χ4n) is 2.92. The summed E-state index contributed by atoms with van der Waals surface area (Å²) in [5.74, 6) is 0.430. The van der Waals surface area contributed by atoms with Crippen molar-refractivity contribution in [2.45, 2.75) is 13.1 Å². The highest BCUT2D eigenvalue weighted by Crippen LogP contribution is 2.30. The zero-order valence-corrected chi connectivity index (χ0v) is 15.4. The van der Waals surface area contributed by atoms with E-state index < -0.39 is 4.92 Å². The first-order chi connectivity index (χ1) is 13.0. The molecule has 0 spiro atoms. The summed E-state index contributed by atoms with van der Waals surface area (Å²) in [6.45, 7) is 1.17. The Balaban J connectivity index is 2.02. The fraction of sp³-hybridized carbons (Fsp3) is 0.263. The monoisotopic (exact) mass is 368 g/mol. The molecule has 3 rings (SSSR count). The lowest BCUT2D eigenvalue weighted by Crippen LogP contribution is -2.18. The summed E-state index contributed by atoms with van der Waals surface area (Å²) in [4.78, 5) is 21.8. The third kappa shape index (κ3) is 4.12. The molecular weight excluding hydrogens is 348 g/mol. The second-order valence-electron chi connectivity index (χ2n) is 6.13. The van der Waals surface area contributed by atoms with Crippen molar-refractivity contribution < 1.29 is 14.4 Å². The molecule has 0 saturated carbocycles. The maximum atomic E-state index is 11.3. The summed E-state index contributed by atoms with van der Waals surface area (Å²) >= 11 is 0. The van der Waals surface area contributed by atoms with Crippen molar-refractivity contribution in [3.63, 3.8) is 0 Å². The minimum absolute atomic E-state index is 0.0351. The lowest BCUT2D eigenvalue weighted by molar-refractivity contribution is -0.384. The number of hydrogen-bond acceptors (Lipinski definition) is 7. The summed E-state index contributed by atoms with van der Waals surface area (Å²) < 4.78 is 10.4. The van der Waals surface area contributed by atoms with E-state index >= 15 is 0 Å². The summed E-state index contributed by atoms with van der Waals surface area (Å²) in [6, 6.07) is 12.9. The molecule has 1 aromatic heterocycles. The second kappa shape index (κ2) is 7.96. The van der Waals surface area contributed by atoms with Crippen molar-refractivity contribution in [1.82, 2.24) is 14.9 Å². The van der Waals surface area contributed by atoms with Gasteiger partial charge in [-0.3, -0.25) is 15.0 Å². The van der Waals surface area contributed by atoms with Gasteiger partial charge < -0.3 is 9.47 Å². The van der Waals surface area contributed by atoms with Crippen LogP contribution in [0.25, 0.3) is 11.0 Å². The predicted molar refractivity (Wildman–Crippen MR) is 101 cm³/mol. The van der Waals surface area contributed by atoms with Gasteiger partial charge in [0.1, 0.15) is 5.52 Å². The topological polar surface area (TPSA) is 90.6 Å². The number of nitro benzene ring substituents is 1. The molecule has 2 aromatic carbocycles. The van der Waals surface area contributed by atoms with Gasteiger partial charge in [0.25, 0.3) is 17.4 Å². The van der Waals surface area contributed by atoms with Crippen LogP contribution in [0.2, 0.25) is 0 Å². The molecule has 8 nitrogen and oxygen atoms in total. The zero-order valence-electron chi connectivity index (χ0n) is 15.4. The van der Waals surface area contributed by atoms with Crippen molar-refractivity contribution in [3.8, 4) is 11.8 Å². The molecule has 0 aliphatic rings. The van der Waals surface area contributed by atoms with Gasteiger partial charge in [-0.15, -0.1) is 0 Å². The molecule has 0 amide bonds. The van der Waals surface area contributed by atoms with Crippen LogP contribution >= 0.6 is 0 Å². The van der Waals surface area contributed by atoms with Crippen molar-refractivity contribution in [1.29, 1.82) is 0 Å². The summed E-state index contributed by atoms with van der Waals surface area (Å²) in [7, 11) is 4.88. The molecule has 0 bridgehead atoms. The Morgan fingerprint density at radius 3 is 2.33 bits per heavy atom. The lowest BCUT2D eigenvalue weighted by atomic mass is 10.1. The van der Waals surface area contributed by atoms with Crippen LogP contribution in [-0.4, -0.2) is 41.1 Å². The number of benzene rings is 2. The van der Waals surface area contributed by atoms with Crippen molar-refractivity contribution in [2.75, 3.05) is 21.3 Å². The minimum Gasteiger partial charge on any atom is -0.477 e. The molecule has 1 heterocycles. The number of nitro groups is 1. The van der Waals surface area contributed by atoms with Gasteiger partial charge in [0.2, 0.25) is 0 Å². The van der Waals surface area contributed by atoms with Crippen LogP contribution in [0.5, 0.6) is 11.8 Å². The van der Waals surface area contributed by atoms with E-state index in [-0.39, 0.29) is 17.4 Å². The first kappa shape index (κ1) is 18.5. The highest BCUT2D eigenvalue weighted by molar-refractivity contribution is 5.82. The molecule has 8 heteroatoms. The number of nitrogens with zero attached hydrogens (tertiary/aromatic N) is 4. The van der Waals surface area contributed by atoms with Gasteiger partial charge in [-0.25, -0.2) is 9.97 Å². The Kier molecular flexibility index (Phi) is 5.46. The maximum Gasteiger partial charge on any atom is 0.278 e. The Morgan fingerprint density at radius 1 is 1.04 bits per heavy atom. The van der Waals surface area contributed by atoms with Crippen LogP contribution in [0.4, 0.5) is 5.69 Å². The van der Waals surface area contributed by atoms with Gasteiger partial charge in [0, 0.05) is 30.8 Å². The van der Waals surface area contributed by atoms with E-state index in [0.717, 1.165) is 5.56 Å². The average molecular weight is 368 g/mol. The van der Waals surface area contributed by atoms with Crippen LogP contribution in [0.15, 0.2) is 42.5 Å². The molecule has 3 aromatic rings. The fourth-order valence-corrected chi connectivity index (χ4v) is 2.92. The number of rotatable bonds is 7. The predicted octanol–water partition coefficient (Wildman–Crippen LogP) is 3.19. The van der Waals surface area contributed by atoms with E-state index in [2.05, 4.69) is 14.9 Å². The lowest BCUT2D eigenvalue weighted by Gasteiger charge is -2.18. The summed E-state index contributed by atoms with van der Waals surface area (Å²) in [5, 5.41) is 11.3. The van der Waals surface area contributed by atoms with Crippen LogP contribution < -0.4 is 9.47 Å². The van der Waals surface area contributed by atoms with E-state index in [1.165, 1.54) is 26.4 Å². The molecule has 0 saturated heterocycles. The first-order valence-electron chi connectivity index (χ1n) is 8.31. The number of fused-ring (bicyclic) bond motifs is 1. The summed E-state index contributed by atoms with van der Waals surface area (Å²) in [5.41, 5.74) is 2.77. The Morgan fingerprint density at radius 2 is 1.70 bits per heavy atom. The SMILES string of the molecule is COc1nc2cc([N+](=O)[O-])cc(CN(C)Cc3ccccc3)c2nc1OC. The molecule has 0 aliphatic heterocycles. The average Bonchev–Trinajstić information content (AvgIpc) is 2.67. The number of non-ortho nitro benzene ring substituents is 1. The van der Waals surface area contributed by atoms with Crippen LogP contribution in [-0.2, 0) is 13.1 Å². The number of methoxy groups -OCH3 is 2. The number of aromatic nitrogens is 2. The van der Waals surface area contributed by atoms with E-state index in [4.69, 9.17) is 9.47 Å². The molecule has 140 valence electrons. The van der Waals surface area contributed by atoms with Gasteiger partial charge in [0.05, 0.1) is 24.7 Å². The molecule has 0 fully saturated rings. The smallest absolute Gasteiger partial charge is 0.278 e. The quantitative estimate of drug-likeness (QED) is 0.467. The van der Waals surface area contributed by atoms with Gasteiger partial charge in [-0.1, -0.05) is 30.3 Å². The molecule has 0 aliphatic carbocycles. The second-order valence-corrected chi connectivity index (χ2v) is 6.13. The number of ether oxygens (including phenoxy) is 2. The van der Waals surface area contributed by atoms with Crippen molar-refractivity contribution in [2.24, 2.45) is 0 Å². The van der Waals surface area contributed by atoms with Gasteiger partial charge >= 0.3 is 0 Å². The molecule has 0 N–H and O–H groups in total. The van der Waals surface area contributed by atoms with Gasteiger partial charge in [0.15, 0.2) is 0 Å². The highest BCUT2D eigenvalue weighted by atomic mass is 16.6. The Labute approximate surface area is 156 Å². The van der Waals surface area contributed by atoms with Crippen molar-refractivity contribution in [3.05, 3.63) is 63.7 Å². The maximum absolute atomic E-state index is 11.3. The molecule has 27 heavy (non-hydrogen) atoms. The first-order valence-corrected chi connectivity index (χ1v) is 8.31. The third-order valence-corrected chi connectivity index (χ3v) is 4.10. The minimum atomic E-state index is -0.432. The number of hydrogen-bond donors (Lipinski definition) is 0. The standard InChI is InChI=1S/C19H20N4O4/c1-22(11-13-7-5-4-6-8-13)12-14-9-15(23(24)25)10-16-17(14)21-19(27-3)18(20-16)26-2/h4-10H,11-12H2,1-3H3. The van der Waals surface area contributed by atoms with Crippen molar-refractivity contribution >= 4 is 16.7 Å². The molecule has 0 atom stereocenters. The van der Waals surface area contributed by atoms with E-state index in [0.29, 0.717) is 29.7 Å². The highest BCUT2D eigenvalue weighted by Gasteiger charge is 2.18. The third-order valence-electron chi connectivity index (χ3n) is 4.10. The zero-order chi connectivity index (χ0) is 19.4. The van der Waals surface area contributed by atoms with E-state index in [1.807, 2.05) is 37.4 Å². The molecule has 0 unspecified atom stereocenters. The van der Waals surface area contributed by atoms with Gasteiger partial charge in [-0.2, -0.15) is 0 Å². The molecular formula is C19H20N4O4. The van der Waals surface area contributed by atoms with Crippen LogP contribution in [0.3, 0.4) is 0 Å². The normalized spacial score (nSPS) is 11.0. The molecule has 0 radical (unpaired) electrons. The van der Waals surface area contributed by atoms with Crippen LogP contribution in [0, 0.1) is 10.1 Å². The Hall–Kier alpha value is -3.26. The van der Waals surface area contributed by atoms with E-state index in [1.54, 1.807) is 0 Å². The largest absolute Gasteiger partial charge is 0.477 e. The summed E-state index contributed by atoms with van der Waals surface area (Å²) in [6.07, 6.45) is 0. The van der Waals surface area contributed by atoms with Crippen LogP contribution in [0.1, 0.15) is 11.1 Å². The van der Waals surface area contributed by atoms with Gasteiger partial charge in [-0.05, 0) is 12.6 Å². The Bertz CT molecular complexity index is 963. The van der Waals surface area contributed by atoms with E-state index in [9.17, 15) is 10.1 Å².